The van der Waals surface area contributed by atoms with Crippen molar-refractivity contribution in [3.8, 4) is 6.07 Å². The first-order chi connectivity index (χ1) is 8.12. The van der Waals surface area contributed by atoms with E-state index in [4.69, 9.17) is 33.2 Å². The molecule has 0 aromatic heterocycles. The summed E-state index contributed by atoms with van der Waals surface area (Å²) in [5, 5.41) is 9.37. The topological polar surface area (TPSA) is 50.1 Å². The van der Waals surface area contributed by atoms with Crippen molar-refractivity contribution in [3.05, 3.63) is 33.8 Å². The zero-order valence-corrected chi connectivity index (χ0v) is 10.8. The number of nitrogens with zero attached hydrogens (tertiary/aromatic N) is 1. The Labute approximate surface area is 110 Å². The van der Waals surface area contributed by atoms with E-state index >= 15 is 0 Å². The van der Waals surface area contributed by atoms with Crippen molar-refractivity contribution in [3.63, 3.8) is 0 Å². The molecule has 1 rings (SSSR count). The lowest BCUT2D eigenvalue weighted by Crippen LogP contribution is -2.09. The molecule has 0 bridgehead atoms. The second-order valence-corrected chi connectivity index (χ2v) is 4.01. The molecule has 0 N–H and O–H groups in total. The van der Waals surface area contributed by atoms with Gasteiger partial charge in [-0.3, -0.25) is 4.79 Å². The Bertz CT molecular complexity index is 466. The summed E-state index contributed by atoms with van der Waals surface area (Å²) in [6.07, 6.45) is -0.00185. The molecule has 0 radical (unpaired) electrons. The van der Waals surface area contributed by atoms with Gasteiger partial charge in [0.15, 0.2) is 0 Å². The number of nitriles is 1. The van der Waals surface area contributed by atoms with Crippen LogP contribution in [0.3, 0.4) is 0 Å². The number of hydrogen-bond donors (Lipinski definition) is 0. The summed E-state index contributed by atoms with van der Waals surface area (Å²) >= 11 is 11.7. The van der Waals surface area contributed by atoms with Gasteiger partial charge in [0, 0.05) is 10.9 Å². The highest BCUT2D eigenvalue weighted by Gasteiger charge is 2.14. The first kappa shape index (κ1) is 13.8. The first-order valence-electron chi connectivity index (χ1n) is 5.05. The van der Waals surface area contributed by atoms with E-state index in [1.54, 1.807) is 19.1 Å². The zero-order chi connectivity index (χ0) is 12.8. The predicted molar refractivity (Wildman–Crippen MR) is 66.1 cm³/mol. The van der Waals surface area contributed by atoms with Crippen LogP contribution in [0.15, 0.2) is 12.1 Å². The molecule has 5 heteroatoms. The van der Waals surface area contributed by atoms with Crippen molar-refractivity contribution in [1.82, 2.24) is 0 Å². The average Bonchev–Trinajstić information content (AvgIpc) is 2.31. The van der Waals surface area contributed by atoms with Gasteiger partial charge in [0.1, 0.15) is 0 Å². The van der Waals surface area contributed by atoms with Gasteiger partial charge >= 0.3 is 5.97 Å². The number of halogens is 2. The maximum absolute atomic E-state index is 11.4. The number of rotatable bonds is 4. The molecular weight excluding hydrogens is 261 g/mol. The predicted octanol–water partition coefficient (Wildman–Crippen LogP) is 3.06. The molecule has 0 fully saturated rings. The number of hydrogen-bond acceptors (Lipinski definition) is 3. The Balaban J connectivity index is 3.07. The van der Waals surface area contributed by atoms with Crippen LogP contribution in [0.25, 0.3) is 0 Å². The third-order valence-electron chi connectivity index (χ3n) is 2.16. The van der Waals surface area contributed by atoms with Crippen LogP contribution >= 0.6 is 23.2 Å². The quantitative estimate of drug-likeness (QED) is 0.625. The maximum atomic E-state index is 11.4. The van der Waals surface area contributed by atoms with Crippen molar-refractivity contribution in [2.75, 3.05) is 6.61 Å². The molecule has 0 unspecified atom stereocenters. The minimum Gasteiger partial charge on any atom is -0.466 e. The van der Waals surface area contributed by atoms with Gasteiger partial charge in [-0.25, -0.2) is 0 Å². The van der Waals surface area contributed by atoms with Gasteiger partial charge < -0.3 is 4.74 Å². The first-order valence-corrected chi connectivity index (χ1v) is 5.96. The van der Waals surface area contributed by atoms with Gasteiger partial charge in [0.25, 0.3) is 0 Å². The maximum Gasteiger partial charge on any atom is 0.310 e. The molecule has 0 saturated heterocycles. The third-order valence-corrected chi connectivity index (χ3v) is 2.80. The van der Waals surface area contributed by atoms with Gasteiger partial charge in [-0.1, -0.05) is 11.6 Å². The van der Waals surface area contributed by atoms with E-state index in [1.165, 1.54) is 0 Å². The minimum absolute atomic E-state index is 0.00185. The Morgan fingerprint density at radius 3 is 2.76 bits per heavy atom. The molecule has 0 aliphatic carbocycles. The monoisotopic (exact) mass is 271 g/mol. The molecule has 0 aliphatic rings. The van der Waals surface area contributed by atoms with E-state index in [0.717, 1.165) is 5.56 Å². The zero-order valence-electron chi connectivity index (χ0n) is 9.30. The molecule has 1 aromatic rings. The smallest absolute Gasteiger partial charge is 0.310 e. The summed E-state index contributed by atoms with van der Waals surface area (Å²) in [5.74, 6) is -0.127. The molecule has 0 amide bonds. The highest BCUT2D eigenvalue weighted by Crippen LogP contribution is 2.24. The summed E-state index contributed by atoms with van der Waals surface area (Å²) < 4.78 is 4.82. The van der Waals surface area contributed by atoms with Gasteiger partial charge in [0.2, 0.25) is 0 Å². The van der Waals surface area contributed by atoms with Crippen molar-refractivity contribution < 1.29 is 9.53 Å². The van der Waals surface area contributed by atoms with E-state index in [1.807, 2.05) is 6.07 Å². The van der Waals surface area contributed by atoms with Crippen molar-refractivity contribution >= 4 is 29.2 Å². The van der Waals surface area contributed by atoms with Crippen LogP contribution in [0.1, 0.15) is 23.6 Å². The number of carbonyl (C=O) groups excluding carboxylic acids is 1. The Morgan fingerprint density at radius 2 is 2.24 bits per heavy atom. The fourth-order valence-electron chi connectivity index (χ4n) is 1.41. The third kappa shape index (κ3) is 3.62. The van der Waals surface area contributed by atoms with Crippen LogP contribution < -0.4 is 0 Å². The van der Waals surface area contributed by atoms with Crippen LogP contribution in [0.5, 0.6) is 0 Å². The van der Waals surface area contributed by atoms with Gasteiger partial charge in [-0.05, 0) is 30.2 Å². The number of benzene rings is 1. The number of esters is 1. The van der Waals surface area contributed by atoms with Crippen molar-refractivity contribution in [2.45, 2.75) is 19.2 Å². The Kier molecular flexibility index (Phi) is 5.27. The van der Waals surface area contributed by atoms with Crippen LogP contribution in [0.2, 0.25) is 5.02 Å². The van der Waals surface area contributed by atoms with E-state index in [2.05, 4.69) is 0 Å². The van der Waals surface area contributed by atoms with E-state index in [-0.39, 0.29) is 12.3 Å². The second-order valence-electron chi connectivity index (χ2n) is 3.33. The number of alkyl halides is 1. The van der Waals surface area contributed by atoms with Crippen LogP contribution in [0, 0.1) is 11.3 Å². The fraction of sp³-hybridized carbons (Fsp3) is 0.333. The summed E-state index contributed by atoms with van der Waals surface area (Å²) in [6.45, 7) is 2.03. The van der Waals surface area contributed by atoms with Crippen LogP contribution in [0.4, 0.5) is 0 Å². The lowest BCUT2D eigenvalue weighted by Gasteiger charge is -2.08. The largest absolute Gasteiger partial charge is 0.466 e. The van der Waals surface area contributed by atoms with Gasteiger partial charge in [-0.15, -0.1) is 11.6 Å². The van der Waals surface area contributed by atoms with E-state index < -0.39 is 5.97 Å². The summed E-state index contributed by atoms with van der Waals surface area (Å²) in [5.41, 5.74) is 1.60. The highest BCUT2D eigenvalue weighted by molar-refractivity contribution is 6.31. The SMILES string of the molecule is CCOC(=O)Cc1c(Cl)cc(CCl)cc1C#N. The molecule has 3 nitrogen and oxygen atoms in total. The van der Waals surface area contributed by atoms with E-state index in [9.17, 15) is 4.79 Å². The minimum atomic E-state index is -0.399. The molecule has 0 heterocycles. The Hall–Kier alpha value is -1.24. The lowest BCUT2D eigenvalue weighted by molar-refractivity contribution is -0.142. The molecule has 0 saturated carbocycles. The average molecular weight is 272 g/mol. The van der Waals surface area contributed by atoms with E-state index in [0.29, 0.717) is 22.8 Å². The molecule has 0 spiro atoms. The summed E-state index contributed by atoms with van der Waals surface area (Å²) in [6, 6.07) is 5.30. The molecule has 17 heavy (non-hydrogen) atoms. The van der Waals surface area contributed by atoms with Gasteiger partial charge in [0.05, 0.1) is 24.7 Å². The summed E-state index contributed by atoms with van der Waals surface area (Å²) in [4.78, 5) is 11.4. The number of carbonyl (C=O) groups is 1. The number of ether oxygens (including phenoxy) is 1. The van der Waals surface area contributed by atoms with Gasteiger partial charge in [-0.2, -0.15) is 5.26 Å². The van der Waals surface area contributed by atoms with Crippen molar-refractivity contribution in [2.24, 2.45) is 0 Å². The lowest BCUT2D eigenvalue weighted by atomic mass is 10.0. The fourth-order valence-corrected chi connectivity index (χ4v) is 1.87. The molecular formula is C12H11Cl2NO2. The molecule has 0 aliphatic heterocycles. The molecule has 1 aromatic carbocycles. The normalized spacial score (nSPS) is 9.76. The van der Waals surface area contributed by atoms with Crippen molar-refractivity contribution in [1.29, 1.82) is 5.26 Å². The van der Waals surface area contributed by atoms with Crippen LogP contribution in [-0.4, -0.2) is 12.6 Å². The van der Waals surface area contributed by atoms with Crippen LogP contribution in [-0.2, 0) is 21.8 Å². The molecule has 90 valence electrons. The molecule has 0 atom stereocenters. The highest BCUT2D eigenvalue weighted by atomic mass is 35.5. The second kappa shape index (κ2) is 6.48. The standard InChI is InChI=1S/C12H11Cl2NO2/c1-2-17-12(16)5-10-9(7-15)3-8(6-13)4-11(10)14/h3-4H,2,5-6H2,1H3. The Morgan fingerprint density at radius 1 is 1.53 bits per heavy atom. The summed E-state index contributed by atoms with van der Waals surface area (Å²) in [7, 11) is 0.